The van der Waals surface area contributed by atoms with E-state index in [1.165, 1.54) is 29.5 Å². The van der Waals surface area contributed by atoms with Crippen molar-refractivity contribution in [1.82, 2.24) is 15.6 Å². The number of aromatic hydroxyl groups is 1. The number of piperidine rings is 1. The van der Waals surface area contributed by atoms with E-state index in [0.29, 0.717) is 18.3 Å². The minimum Gasteiger partial charge on any atom is -0.508 e. The van der Waals surface area contributed by atoms with Crippen molar-refractivity contribution in [1.29, 1.82) is 0 Å². The minimum atomic E-state index is 0.385. The summed E-state index contributed by atoms with van der Waals surface area (Å²) in [6.45, 7) is 4.63. The second-order valence-electron chi connectivity index (χ2n) is 8.43. The topological polar surface area (TPSA) is 72.8 Å². The van der Waals surface area contributed by atoms with Crippen molar-refractivity contribution in [2.45, 2.75) is 58.0 Å². The molecule has 0 bridgehead atoms. The second kappa shape index (κ2) is 9.37. The molecular weight excluding hydrogens is 374 g/mol. The fourth-order valence-electron chi connectivity index (χ4n) is 4.55. The molecule has 1 aliphatic heterocycles. The molecule has 1 saturated heterocycles. The fraction of sp³-hybridized carbons (Fsp3) is 0.500. The number of benzene rings is 1. The number of aryl methyl sites for hydroxylation is 2. The van der Waals surface area contributed by atoms with Crippen LogP contribution in [0.5, 0.6) is 5.75 Å². The number of nitrogens with zero attached hydrogens (tertiary/aromatic N) is 3. The summed E-state index contributed by atoms with van der Waals surface area (Å²) < 4.78 is 0. The van der Waals surface area contributed by atoms with Gasteiger partial charge in [0.25, 0.3) is 0 Å². The average molecular weight is 408 g/mol. The summed E-state index contributed by atoms with van der Waals surface area (Å²) in [6.07, 6.45) is 8.63. The Morgan fingerprint density at radius 2 is 1.97 bits per heavy atom. The van der Waals surface area contributed by atoms with Crippen molar-refractivity contribution in [3.05, 3.63) is 52.7 Å². The zero-order chi connectivity index (χ0) is 20.9. The van der Waals surface area contributed by atoms with Gasteiger partial charge in [-0.05, 0) is 74.3 Å². The third-order valence-corrected chi connectivity index (χ3v) is 6.34. The molecule has 30 heavy (non-hydrogen) atoms. The number of rotatable bonds is 4. The standard InChI is InChI=1S/C24H33N5O/c1-17-7-10-23(26-15-17)29-13-11-19(12-14-29)28-24(25-2)27-16-21-20-6-4-3-5-18(20)8-9-22(21)30/h7-10,15,19,30H,3-6,11-14,16H2,1-2H3,(H2,25,27,28). The van der Waals surface area contributed by atoms with Gasteiger partial charge in [-0.1, -0.05) is 12.1 Å². The van der Waals surface area contributed by atoms with Crippen LogP contribution in [0.3, 0.4) is 0 Å². The molecule has 0 saturated carbocycles. The van der Waals surface area contributed by atoms with Crippen LogP contribution in [0.2, 0.25) is 0 Å². The Hall–Kier alpha value is -2.76. The van der Waals surface area contributed by atoms with Crippen molar-refractivity contribution in [3.8, 4) is 5.75 Å². The van der Waals surface area contributed by atoms with E-state index in [0.717, 1.165) is 56.1 Å². The molecular formula is C24H33N5O. The first-order chi connectivity index (χ1) is 14.6. The Morgan fingerprint density at radius 3 is 2.70 bits per heavy atom. The van der Waals surface area contributed by atoms with Gasteiger partial charge in [-0.2, -0.15) is 0 Å². The Balaban J connectivity index is 1.32. The van der Waals surface area contributed by atoms with Crippen molar-refractivity contribution >= 4 is 11.8 Å². The highest BCUT2D eigenvalue weighted by atomic mass is 16.3. The van der Waals surface area contributed by atoms with E-state index in [9.17, 15) is 5.11 Å². The van der Waals surface area contributed by atoms with E-state index in [1.54, 1.807) is 7.05 Å². The number of aromatic nitrogens is 1. The molecule has 6 nitrogen and oxygen atoms in total. The number of anilines is 1. The quantitative estimate of drug-likeness (QED) is 0.536. The van der Waals surface area contributed by atoms with Gasteiger partial charge in [0.15, 0.2) is 5.96 Å². The number of guanidine groups is 1. The zero-order valence-corrected chi connectivity index (χ0v) is 18.1. The van der Waals surface area contributed by atoms with Gasteiger partial charge < -0.3 is 20.6 Å². The molecule has 6 heteroatoms. The van der Waals surface area contributed by atoms with Gasteiger partial charge >= 0.3 is 0 Å². The number of aliphatic imine (C=N–C) groups is 1. The molecule has 1 aromatic heterocycles. The number of pyridine rings is 1. The van der Waals surface area contributed by atoms with Gasteiger partial charge in [-0.15, -0.1) is 0 Å². The summed E-state index contributed by atoms with van der Waals surface area (Å²) in [5.74, 6) is 2.25. The summed E-state index contributed by atoms with van der Waals surface area (Å²) in [5, 5.41) is 17.4. The minimum absolute atomic E-state index is 0.385. The maximum Gasteiger partial charge on any atom is 0.191 e. The van der Waals surface area contributed by atoms with Crippen LogP contribution in [0.25, 0.3) is 0 Å². The van der Waals surface area contributed by atoms with Crippen LogP contribution < -0.4 is 15.5 Å². The summed E-state index contributed by atoms with van der Waals surface area (Å²) in [7, 11) is 1.81. The third-order valence-electron chi connectivity index (χ3n) is 6.34. The number of nitrogens with one attached hydrogen (secondary N) is 2. The van der Waals surface area contributed by atoms with Gasteiger partial charge in [0, 0.05) is 44.5 Å². The SMILES string of the molecule is CN=C(NCc1c(O)ccc2c1CCCC2)NC1CCN(c2ccc(C)cn2)CC1. The highest BCUT2D eigenvalue weighted by molar-refractivity contribution is 5.80. The van der Waals surface area contributed by atoms with Crippen LogP contribution in [0, 0.1) is 6.92 Å². The first kappa shape index (κ1) is 20.5. The average Bonchev–Trinajstić information content (AvgIpc) is 2.78. The van der Waals surface area contributed by atoms with Gasteiger partial charge in [-0.3, -0.25) is 4.99 Å². The number of fused-ring (bicyclic) bond motifs is 1. The first-order valence-electron chi connectivity index (χ1n) is 11.1. The summed E-state index contributed by atoms with van der Waals surface area (Å²) in [4.78, 5) is 11.3. The van der Waals surface area contributed by atoms with Gasteiger partial charge in [0.1, 0.15) is 11.6 Å². The molecule has 0 atom stereocenters. The molecule has 2 heterocycles. The summed E-state index contributed by atoms with van der Waals surface area (Å²) in [6, 6.07) is 8.53. The largest absolute Gasteiger partial charge is 0.508 e. The molecule has 3 N–H and O–H groups in total. The van der Waals surface area contributed by atoms with Crippen molar-refractivity contribution in [2.75, 3.05) is 25.0 Å². The Labute approximate surface area is 179 Å². The Morgan fingerprint density at radius 1 is 1.17 bits per heavy atom. The molecule has 0 amide bonds. The van der Waals surface area contributed by atoms with E-state index in [2.05, 4.69) is 50.6 Å². The van der Waals surface area contributed by atoms with E-state index >= 15 is 0 Å². The summed E-state index contributed by atoms with van der Waals surface area (Å²) >= 11 is 0. The number of phenols is 1. The van der Waals surface area contributed by atoms with Crippen molar-refractivity contribution in [3.63, 3.8) is 0 Å². The van der Waals surface area contributed by atoms with Crippen molar-refractivity contribution in [2.24, 2.45) is 4.99 Å². The molecule has 1 aliphatic carbocycles. The van der Waals surface area contributed by atoms with Crippen LogP contribution >= 0.6 is 0 Å². The van der Waals surface area contributed by atoms with Crippen LogP contribution in [-0.4, -0.2) is 42.2 Å². The first-order valence-corrected chi connectivity index (χ1v) is 11.1. The maximum atomic E-state index is 10.4. The van der Waals surface area contributed by atoms with E-state index < -0.39 is 0 Å². The molecule has 0 spiro atoms. The smallest absolute Gasteiger partial charge is 0.191 e. The molecule has 2 aliphatic rings. The lowest BCUT2D eigenvalue weighted by Crippen LogP contribution is -2.48. The molecule has 0 unspecified atom stereocenters. The lowest BCUT2D eigenvalue weighted by Gasteiger charge is -2.34. The van der Waals surface area contributed by atoms with E-state index in [-0.39, 0.29) is 0 Å². The van der Waals surface area contributed by atoms with Gasteiger partial charge in [0.2, 0.25) is 0 Å². The Bertz CT molecular complexity index is 885. The van der Waals surface area contributed by atoms with Crippen molar-refractivity contribution < 1.29 is 5.11 Å². The molecule has 160 valence electrons. The predicted octanol–water partition coefficient (Wildman–Crippen LogP) is 3.31. The van der Waals surface area contributed by atoms with E-state index in [1.807, 2.05) is 12.3 Å². The van der Waals surface area contributed by atoms with Gasteiger partial charge in [-0.25, -0.2) is 4.98 Å². The number of hydrogen-bond acceptors (Lipinski definition) is 4. The normalized spacial score (nSPS) is 17.5. The fourth-order valence-corrected chi connectivity index (χ4v) is 4.55. The molecule has 4 rings (SSSR count). The lowest BCUT2D eigenvalue weighted by atomic mass is 9.88. The monoisotopic (exact) mass is 407 g/mol. The number of hydrogen-bond donors (Lipinski definition) is 3. The lowest BCUT2D eigenvalue weighted by molar-refractivity contribution is 0.455. The van der Waals surface area contributed by atoms with Crippen LogP contribution in [0.4, 0.5) is 5.82 Å². The van der Waals surface area contributed by atoms with Gasteiger partial charge in [0.05, 0.1) is 0 Å². The predicted molar refractivity (Wildman–Crippen MR) is 122 cm³/mol. The maximum absolute atomic E-state index is 10.4. The Kier molecular flexibility index (Phi) is 6.41. The van der Waals surface area contributed by atoms with Crippen LogP contribution in [0.15, 0.2) is 35.5 Å². The van der Waals surface area contributed by atoms with Crippen LogP contribution in [-0.2, 0) is 19.4 Å². The number of phenolic OH excluding ortho intramolecular Hbond substituents is 1. The molecule has 2 aromatic rings. The third kappa shape index (κ3) is 4.69. The second-order valence-corrected chi connectivity index (χ2v) is 8.43. The summed E-state index contributed by atoms with van der Waals surface area (Å²) in [5.41, 5.74) is 4.92. The zero-order valence-electron chi connectivity index (χ0n) is 18.1. The molecule has 1 aromatic carbocycles. The van der Waals surface area contributed by atoms with E-state index in [4.69, 9.17) is 0 Å². The molecule has 0 radical (unpaired) electrons. The highest BCUT2D eigenvalue weighted by Crippen LogP contribution is 2.30. The van der Waals surface area contributed by atoms with Crippen LogP contribution in [0.1, 0.15) is 47.9 Å². The highest BCUT2D eigenvalue weighted by Gasteiger charge is 2.21. The molecule has 1 fully saturated rings.